The Morgan fingerprint density at radius 3 is 2.43 bits per heavy atom. The first-order valence-electron chi connectivity index (χ1n) is 8.60. The van der Waals surface area contributed by atoms with Crippen LogP contribution in [0.3, 0.4) is 0 Å². The summed E-state index contributed by atoms with van der Waals surface area (Å²) in [6.07, 6.45) is 0. The largest absolute Gasteiger partial charge is 0.296 e. The van der Waals surface area contributed by atoms with Crippen LogP contribution in [0.25, 0.3) is 16.9 Å². The van der Waals surface area contributed by atoms with Gasteiger partial charge in [-0.1, -0.05) is 48.5 Å². The van der Waals surface area contributed by atoms with Gasteiger partial charge in [-0.15, -0.1) is 11.3 Å². The molecule has 28 heavy (non-hydrogen) atoms. The van der Waals surface area contributed by atoms with Crippen molar-refractivity contribution in [2.24, 2.45) is 0 Å². The van der Waals surface area contributed by atoms with Gasteiger partial charge in [0.05, 0.1) is 11.4 Å². The zero-order valence-electron chi connectivity index (χ0n) is 15.0. The molecule has 0 radical (unpaired) electrons. The van der Waals surface area contributed by atoms with Crippen molar-refractivity contribution in [1.29, 1.82) is 0 Å². The van der Waals surface area contributed by atoms with E-state index in [2.05, 4.69) is 15.4 Å². The molecule has 0 spiro atoms. The monoisotopic (exact) mass is 388 g/mol. The van der Waals surface area contributed by atoms with Crippen LogP contribution in [0, 0.1) is 6.92 Å². The number of carbonyl (C=O) groups excluding carboxylic acids is 1. The van der Waals surface area contributed by atoms with E-state index in [1.165, 1.54) is 17.4 Å². The molecule has 0 aliphatic heterocycles. The predicted octanol–water partition coefficient (Wildman–Crippen LogP) is 3.92. The number of para-hydroxylation sites is 1. The van der Waals surface area contributed by atoms with Gasteiger partial charge in [0.15, 0.2) is 10.8 Å². The Hall–Kier alpha value is -3.58. The second-order valence-corrected chi connectivity index (χ2v) is 6.96. The molecule has 0 aliphatic carbocycles. The highest BCUT2D eigenvalue weighted by molar-refractivity contribution is 7.14. The molecule has 0 saturated heterocycles. The average Bonchev–Trinajstić information content (AvgIpc) is 3.18. The molecule has 2 heterocycles. The Labute approximate surface area is 165 Å². The highest BCUT2D eigenvalue weighted by Gasteiger charge is 2.17. The molecule has 2 aromatic heterocycles. The van der Waals surface area contributed by atoms with Crippen LogP contribution in [0.5, 0.6) is 0 Å². The molecule has 6 nitrogen and oxygen atoms in total. The van der Waals surface area contributed by atoms with E-state index in [-0.39, 0.29) is 5.69 Å². The summed E-state index contributed by atoms with van der Waals surface area (Å²) in [5.74, 6) is -0.580. The summed E-state index contributed by atoms with van der Waals surface area (Å²) in [7, 11) is 0. The molecular formula is C21H16N4O2S. The van der Waals surface area contributed by atoms with Crippen molar-refractivity contribution >= 4 is 22.4 Å². The fraction of sp³-hybridized carbons (Fsp3) is 0.0476. The molecule has 0 saturated carbocycles. The summed E-state index contributed by atoms with van der Waals surface area (Å²) in [5, 5.41) is 9.22. The van der Waals surface area contributed by atoms with E-state index < -0.39 is 11.3 Å². The Balaban J connectivity index is 1.62. The molecule has 1 amide bonds. The van der Waals surface area contributed by atoms with Crippen LogP contribution in [0.2, 0.25) is 0 Å². The summed E-state index contributed by atoms with van der Waals surface area (Å²) in [6, 6.07) is 20.4. The van der Waals surface area contributed by atoms with Gasteiger partial charge in [0.2, 0.25) is 5.43 Å². The second-order valence-electron chi connectivity index (χ2n) is 6.10. The zero-order chi connectivity index (χ0) is 19.5. The Kier molecular flexibility index (Phi) is 4.82. The highest BCUT2D eigenvalue weighted by Crippen LogP contribution is 2.24. The minimum atomic E-state index is -0.580. The Bertz CT molecular complexity index is 1180. The molecule has 4 rings (SSSR count). The minimum absolute atomic E-state index is 0.175. The van der Waals surface area contributed by atoms with Crippen LogP contribution in [0.4, 0.5) is 5.13 Å². The normalized spacial score (nSPS) is 10.6. The topological polar surface area (TPSA) is 76.9 Å². The molecule has 7 heteroatoms. The number of nitrogens with zero attached hydrogens (tertiary/aromatic N) is 3. The quantitative estimate of drug-likeness (QED) is 0.575. The molecule has 0 fully saturated rings. The van der Waals surface area contributed by atoms with Gasteiger partial charge in [0.25, 0.3) is 5.91 Å². The molecular weight excluding hydrogens is 372 g/mol. The lowest BCUT2D eigenvalue weighted by Crippen LogP contribution is -2.26. The summed E-state index contributed by atoms with van der Waals surface area (Å²) < 4.78 is 1.58. The van der Waals surface area contributed by atoms with E-state index in [4.69, 9.17) is 0 Å². The second kappa shape index (κ2) is 7.58. The third-order valence-corrected chi connectivity index (χ3v) is 4.88. The predicted molar refractivity (Wildman–Crippen MR) is 110 cm³/mol. The highest BCUT2D eigenvalue weighted by atomic mass is 32.1. The lowest BCUT2D eigenvalue weighted by Gasteiger charge is -2.10. The number of carbonyl (C=O) groups is 1. The van der Waals surface area contributed by atoms with Crippen LogP contribution < -0.4 is 10.7 Å². The standard InChI is InChI=1S/C21H16N4O2S/c1-14-12-18(26)19(24-25(14)16-10-6-3-7-11-16)20(27)23-21-22-17(13-28-21)15-8-4-2-5-9-15/h2-13H,1H3,(H,22,23,27). The number of aromatic nitrogens is 3. The van der Waals surface area contributed by atoms with E-state index in [1.807, 2.05) is 66.0 Å². The first kappa shape index (κ1) is 17.8. The minimum Gasteiger partial charge on any atom is -0.296 e. The van der Waals surface area contributed by atoms with Gasteiger partial charge in [-0.25, -0.2) is 9.67 Å². The van der Waals surface area contributed by atoms with E-state index in [0.717, 1.165) is 16.9 Å². The van der Waals surface area contributed by atoms with E-state index in [0.29, 0.717) is 10.8 Å². The van der Waals surface area contributed by atoms with Gasteiger partial charge in [0, 0.05) is 22.7 Å². The summed E-state index contributed by atoms with van der Waals surface area (Å²) in [5.41, 5.74) is 2.54. The van der Waals surface area contributed by atoms with Crippen LogP contribution in [0.15, 0.2) is 76.9 Å². The van der Waals surface area contributed by atoms with Crippen molar-refractivity contribution in [3.8, 4) is 16.9 Å². The Morgan fingerprint density at radius 2 is 1.71 bits per heavy atom. The van der Waals surface area contributed by atoms with Crippen LogP contribution in [0.1, 0.15) is 16.2 Å². The number of anilines is 1. The number of rotatable bonds is 4. The lowest BCUT2D eigenvalue weighted by atomic mass is 10.2. The van der Waals surface area contributed by atoms with E-state index >= 15 is 0 Å². The number of thiazole rings is 1. The van der Waals surface area contributed by atoms with Crippen LogP contribution >= 0.6 is 11.3 Å². The molecule has 0 atom stereocenters. The van der Waals surface area contributed by atoms with E-state index in [9.17, 15) is 9.59 Å². The molecule has 1 N–H and O–H groups in total. The number of amides is 1. The smallest absolute Gasteiger partial charge is 0.281 e. The van der Waals surface area contributed by atoms with Crippen molar-refractivity contribution < 1.29 is 4.79 Å². The Morgan fingerprint density at radius 1 is 1.04 bits per heavy atom. The third kappa shape index (κ3) is 3.60. The number of hydrogen-bond acceptors (Lipinski definition) is 5. The number of hydrogen-bond donors (Lipinski definition) is 1. The van der Waals surface area contributed by atoms with Crippen LogP contribution in [-0.2, 0) is 0 Å². The maximum atomic E-state index is 12.7. The van der Waals surface area contributed by atoms with Crippen molar-refractivity contribution in [2.45, 2.75) is 6.92 Å². The van der Waals surface area contributed by atoms with Crippen molar-refractivity contribution in [2.75, 3.05) is 5.32 Å². The summed E-state index contributed by atoms with van der Waals surface area (Å²) in [6.45, 7) is 1.77. The van der Waals surface area contributed by atoms with Gasteiger partial charge in [-0.3, -0.25) is 14.9 Å². The molecule has 138 valence electrons. The molecule has 4 aromatic rings. The maximum absolute atomic E-state index is 12.7. The molecule has 2 aromatic carbocycles. The zero-order valence-corrected chi connectivity index (χ0v) is 15.8. The SMILES string of the molecule is Cc1cc(=O)c(C(=O)Nc2nc(-c3ccccc3)cs2)nn1-c1ccccc1. The van der Waals surface area contributed by atoms with Gasteiger partial charge >= 0.3 is 0 Å². The summed E-state index contributed by atoms with van der Waals surface area (Å²) in [4.78, 5) is 29.4. The number of aryl methyl sites for hydroxylation is 1. The fourth-order valence-electron chi connectivity index (χ4n) is 2.76. The van der Waals surface area contributed by atoms with Gasteiger partial charge < -0.3 is 0 Å². The number of benzene rings is 2. The summed E-state index contributed by atoms with van der Waals surface area (Å²) >= 11 is 1.30. The van der Waals surface area contributed by atoms with Gasteiger partial charge in [-0.2, -0.15) is 5.10 Å². The van der Waals surface area contributed by atoms with Crippen LogP contribution in [-0.4, -0.2) is 20.7 Å². The lowest BCUT2D eigenvalue weighted by molar-refractivity contribution is 0.101. The average molecular weight is 388 g/mol. The van der Waals surface area contributed by atoms with Crippen molar-refractivity contribution in [3.05, 3.63) is 93.7 Å². The first-order chi connectivity index (χ1) is 13.6. The molecule has 0 bridgehead atoms. The third-order valence-electron chi connectivity index (χ3n) is 4.12. The van der Waals surface area contributed by atoms with Crippen molar-refractivity contribution in [3.63, 3.8) is 0 Å². The maximum Gasteiger partial charge on any atom is 0.281 e. The van der Waals surface area contributed by atoms with E-state index in [1.54, 1.807) is 11.6 Å². The van der Waals surface area contributed by atoms with Crippen molar-refractivity contribution in [1.82, 2.24) is 14.8 Å². The van der Waals surface area contributed by atoms with Gasteiger partial charge in [0.1, 0.15) is 0 Å². The first-order valence-corrected chi connectivity index (χ1v) is 9.48. The number of nitrogens with one attached hydrogen (secondary N) is 1. The molecule has 0 aliphatic rings. The van der Waals surface area contributed by atoms with Gasteiger partial charge in [-0.05, 0) is 19.1 Å². The fourth-order valence-corrected chi connectivity index (χ4v) is 3.48. The molecule has 0 unspecified atom stereocenters.